The first-order valence-corrected chi connectivity index (χ1v) is 7.05. The largest absolute Gasteiger partial charge is 0.385 e. The number of nitrogens with one attached hydrogen (secondary N) is 2. The standard InChI is InChI=1S/C17H17FN2O/c1-11-6-7-12(10-15(11)18)20-17(21)14-8-9-19-16-5-3-2-4-13(14)16/h2-7,10,14,19H,8-9H2,1H3,(H,20,21). The predicted octanol–water partition coefficient (Wildman–Crippen LogP) is 3.67. The second kappa shape index (κ2) is 5.56. The van der Waals surface area contributed by atoms with Crippen molar-refractivity contribution >= 4 is 17.3 Å². The van der Waals surface area contributed by atoms with E-state index in [1.807, 2.05) is 24.3 Å². The average Bonchev–Trinajstić information content (AvgIpc) is 2.50. The molecule has 2 N–H and O–H groups in total. The maximum atomic E-state index is 13.5. The molecule has 0 saturated carbocycles. The molecule has 1 aliphatic heterocycles. The summed E-state index contributed by atoms with van der Waals surface area (Å²) in [5, 5.41) is 6.10. The van der Waals surface area contributed by atoms with E-state index in [1.165, 1.54) is 6.07 Å². The van der Waals surface area contributed by atoms with Gasteiger partial charge in [-0.2, -0.15) is 0 Å². The quantitative estimate of drug-likeness (QED) is 0.883. The van der Waals surface area contributed by atoms with Crippen LogP contribution >= 0.6 is 0 Å². The van der Waals surface area contributed by atoms with E-state index in [1.54, 1.807) is 19.1 Å². The van der Waals surface area contributed by atoms with Crippen LogP contribution in [0.15, 0.2) is 42.5 Å². The first-order chi connectivity index (χ1) is 10.1. The summed E-state index contributed by atoms with van der Waals surface area (Å²) < 4.78 is 13.5. The molecule has 2 aromatic rings. The Kier molecular flexibility index (Phi) is 3.60. The van der Waals surface area contributed by atoms with Crippen molar-refractivity contribution in [3.8, 4) is 0 Å². The summed E-state index contributed by atoms with van der Waals surface area (Å²) in [6, 6.07) is 12.6. The molecule has 1 unspecified atom stereocenters. The van der Waals surface area contributed by atoms with Gasteiger partial charge in [0.05, 0.1) is 5.92 Å². The maximum Gasteiger partial charge on any atom is 0.232 e. The lowest BCUT2D eigenvalue weighted by molar-refractivity contribution is -0.117. The zero-order valence-corrected chi connectivity index (χ0v) is 11.8. The van der Waals surface area contributed by atoms with Crippen molar-refractivity contribution in [2.24, 2.45) is 0 Å². The lowest BCUT2D eigenvalue weighted by Gasteiger charge is -2.25. The molecule has 1 heterocycles. The normalized spacial score (nSPS) is 16.8. The number of benzene rings is 2. The summed E-state index contributed by atoms with van der Waals surface area (Å²) in [6.45, 7) is 2.46. The number of anilines is 2. The van der Waals surface area contributed by atoms with E-state index in [9.17, 15) is 9.18 Å². The second-order valence-corrected chi connectivity index (χ2v) is 5.31. The highest BCUT2D eigenvalue weighted by atomic mass is 19.1. The fraction of sp³-hybridized carbons (Fsp3) is 0.235. The highest BCUT2D eigenvalue weighted by Crippen LogP contribution is 2.32. The third-order valence-corrected chi connectivity index (χ3v) is 3.84. The van der Waals surface area contributed by atoms with Crippen LogP contribution in [-0.2, 0) is 4.79 Å². The number of carbonyl (C=O) groups excluding carboxylic acids is 1. The Morgan fingerprint density at radius 3 is 2.90 bits per heavy atom. The van der Waals surface area contributed by atoms with E-state index in [-0.39, 0.29) is 17.6 Å². The number of hydrogen-bond donors (Lipinski definition) is 2. The van der Waals surface area contributed by atoms with Gasteiger partial charge in [-0.3, -0.25) is 4.79 Å². The fourth-order valence-electron chi connectivity index (χ4n) is 2.64. The number of amides is 1. The predicted molar refractivity (Wildman–Crippen MR) is 82.1 cm³/mol. The van der Waals surface area contributed by atoms with Gasteiger partial charge in [0.25, 0.3) is 0 Å². The average molecular weight is 284 g/mol. The molecule has 1 aliphatic rings. The van der Waals surface area contributed by atoms with Gasteiger partial charge in [-0.25, -0.2) is 4.39 Å². The molecule has 3 nitrogen and oxygen atoms in total. The van der Waals surface area contributed by atoms with Crippen LogP contribution in [0.1, 0.15) is 23.5 Å². The van der Waals surface area contributed by atoms with Crippen LogP contribution in [-0.4, -0.2) is 12.5 Å². The van der Waals surface area contributed by atoms with Crippen molar-refractivity contribution in [2.75, 3.05) is 17.2 Å². The molecule has 108 valence electrons. The molecule has 1 atom stereocenters. The molecule has 21 heavy (non-hydrogen) atoms. The summed E-state index contributed by atoms with van der Waals surface area (Å²) in [7, 11) is 0. The number of aryl methyl sites for hydroxylation is 1. The molecule has 0 aromatic heterocycles. The molecular weight excluding hydrogens is 267 g/mol. The molecule has 4 heteroatoms. The van der Waals surface area contributed by atoms with Gasteiger partial charge in [0, 0.05) is 17.9 Å². The van der Waals surface area contributed by atoms with Crippen LogP contribution in [0.2, 0.25) is 0 Å². The highest BCUT2D eigenvalue weighted by Gasteiger charge is 2.26. The van der Waals surface area contributed by atoms with E-state index < -0.39 is 0 Å². The number of hydrogen-bond acceptors (Lipinski definition) is 2. The van der Waals surface area contributed by atoms with Gasteiger partial charge in [0.2, 0.25) is 5.91 Å². The Balaban J connectivity index is 1.81. The van der Waals surface area contributed by atoms with Gasteiger partial charge in [0.1, 0.15) is 5.82 Å². The summed E-state index contributed by atoms with van der Waals surface area (Å²) in [5.74, 6) is -0.600. The molecule has 3 rings (SSSR count). The number of para-hydroxylation sites is 1. The lowest BCUT2D eigenvalue weighted by atomic mass is 9.90. The van der Waals surface area contributed by atoms with E-state index in [2.05, 4.69) is 10.6 Å². The van der Waals surface area contributed by atoms with Crippen molar-refractivity contribution in [1.82, 2.24) is 0 Å². The van der Waals surface area contributed by atoms with Crippen LogP contribution in [0.25, 0.3) is 0 Å². The highest BCUT2D eigenvalue weighted by molar-refractivity contribution is 5.97. The molecular formula is C17H17FN2O. The number of fused-ring (bicyclic) bond motifs is 1. The zero-order chi connectivity index (χ0) is 14.8. The molecule has 0 saturated heterocycles. The molecule has 1 amide bonds. The van der Waals surface area contributed by atoms with Crippen LogP contribution in [0.5, 0.6) is 0 Å². The number of halogens is 1. The molecule has 0 aliphatic carbocycles. The Labute approximate surface area is 123 Å². The van der Waals surface area contributed by atoms with E-state index >= 15 is 0 Å². The van der Waals surface area contributed by atoms with Gasteiger partial charge in [-0.05, 0) is 42.7 Å². The smallest absolute Gasteiger partial charge is 0.232 e. The Bertz CT molecular complexity index is 684. The number of carbonyl (C=O) groups is 1. The summed E-state index contributed by atoms with van der Waals surface area (Å²) in [6.07, 6.45) is 0.733. The van der Waals surface area contributed by atoms with Crippen LogP contribution in [0.3, 0.4) is 0 Å². The Morgan fingerprint density at radius 2 is 2.10 bits per heavy atom. The zero-order valence-electron chi connectivity index (χ0n) is 11.8. The first kappa shape index (κ1) is 13.6. The third-order valence-electron chi connectivity index (χ3n) is 3.84. The first-order valence-electron chi connectivity index (χ1n) is 7.05. The van der Waals surface area contributed by atoms with Crippen molar-refractivity contribution in [1.29, 1.82) is 0 Å². The monoisotopic (exact) mass is 284 g/mol. The van der Waals surface area contributed by atoms with Crippen molar-refractivity contribution in [3.63, 3.8) is 0 Å². The summed E-state index contributed by atoms with van der Waals surface area (Å²) in [4.78, 5) is 12.5. The van der Waals surface area contributed by atoms with E-state index in [0.29, 0.717) is 11.3 Å². The van der Waals surface area contributed by atoms with Crippen LogP contribution < -0.4 is 10.6 Å². The van der Waals surface area contributed by atoms with Crippen molar-refractivity contribution in [2.45, 2.75) is 19.3 Å². The maximum absolute atomic E-state index is 13.5. The molecule has 0 bridgehead atoms. The Hall–Kier alpha value is -2.36. The van der Waals surface area contributed by atoms with Gasteiger partial charge in [0.15, 0.2) is 0 Å². The van der Waals surface area contributed by atoms with E-state index in [4.69, 9.17) is 0 Å². The third kappa shape index (κ3) is 2.75. The van der Waals surface area contributed by atoms with Gasteiger partial charge < -0.3 is 10.6 Å². The summed E-state index contributed by atoms with van der Waals surface area (Å²) in [5.41, 5.74) is 3.06. The minimum absolute atomic E-state index is 0.0906. The molecule has 0 spiro atoms. The lowest BCUT2D eigenvalue weighted by Crippen LogP contribution is -2.27. The van der Waals surface area contributed by atoms with Crippen molar-refractivity contribution < 1.29 is 9.18 Å². The minimum Gasteiger partial charge on any atom is -0.385 e. The Morgan fingerprint density at radius 1 is 1.29 bits per heavy atom. The van der Waals surface area contributed by atoms with Crippen LogP contribution in [0, 0.1) is 12.7 Å². The van der Waals surface area contributed by atoms with Gasteiger partial charge in [-0.15, -0.1) is 0 Å². The SMILES string of the molecule is Cc1ccc(NC(=O)C2CCNc3ccccc32)cc1F. The molecule has 0 fully saturated rings. The number of rotatable bonds is 2. The summed E-state index contributed by atoms with van der Waals surface area (Å²) >= 11 is 0. The van der Waals surface area contributed by atoms with Gasteiger partial charge >= 0.3 is 0 Å². The molecule has 2 aromatic carbocycles. The van der Waals surface area contributed by atoms with Crippen LogP contribution in [0.4, 0.5) is 15.8 Å². The molecule has 0 radical (unpaired) electrons. The fourth-order valence-corrected chi connectivity index (χ4v) is 2.64. The minimum atomic E-state index is -0.307. The van der Waals surface area contributed by atoms with Crippen molar-refractivity contribution in [3.05, 3.63) is 59.4 Å². The topological polar surface area (TPSA) is 41.1 Å². The second-order valence-electron chi connectivity index (χ2n) is 5.31. The van der Waals surface area contributed by atoms with E-state index in [0.717, 1.165) is 24.2 Å². The van der Waals surface area contributed by atoms with Gasteiger partial charge in [-0.1, -0.05) is 24.3 Å².